The van der Waals surface area contributed by atoms with Crippen LogP contribution in [0.1, 0.15) is 13.3 Å². The second-order valence-corrected chi connectivity index (χ2v) is 5.58. The van der Waals surface area contributed by atoms with Crippen molar-refractivity contribution in [1.82, 2.24) is 4.72 Å². The van der Waals surface area contributed by atoms with Crippen molar-refractivity contribution in [3.05, 3.63) is 0 Å². The van der Waals surface area contributed by atoms with Crippen LogP contribution in [-0.2, 0) is 0 Å². The van der Waals surface area contributed by atoms with E-state index in [-0.39, 0.29) is 6.54 Å². The molecule has 25 heavy (non-hydrogen) atoms. The van der Waals surface area contributed by atoms with Gasteiger partial charge in [0.2, 0.25) is 0 Å². The minimum Gasteiger partial charge on any atom is -0.264 e. The average molecular weight is 423 g/mol. The van der Waals surface area contributed by atoms with Crippen LogP contribution in [0.15, 0.2) is 0 Å². The second kappa shape index (κ2) is 7.19. The molecule has 0 aliphatic rings. The third-order valence-electron chi connectivity index (χ3n) is 2.76. The number of hydrogen-bond donors (Lipinski definition) is 1. The van der Waals surface area contributed by atoms with Gasteiger partial charge in [0.1, 0.15) is 0 Å². The summed E-state index contributed by atoms with van der Waals surface area (Å²) in [5.41, 5.74) is 0. The van der Waals surface area contributed by atoms with E-state index in [2.05, 4.69) is 4.72 Å². The Labute approximate surface area is 136 Å². The van der Waals surface area contributed by atoms with Gasteiger partial charge in [-0.3, -0.25) is 4.72 Å². The van der Waals surface area contributed by atoms with Crippen molar-refractivity contribution in [1.29, 1.82) is 0 Å². The van der Waals surface area contributed by atoms with Crippen LogP contribution in [0.5, 0.6) is 0 Å². The van der Waals surface area contributed by atoms with E-state index in [1.54, 1.807) is 0 Å². The van der Waals surface area contributed by atoms with E-state index < -0.39 is 48.0 Å². The van der Waals surface area contributed by atoms with E-state index in [0.717, 1.165) is 0 Å². The maximum Gasteiger partial charge on any atom is 0.460 e. The lowest BCUT2D eigenvalue weighted by Crippen LogP contribution is -2.70. The molecule has 0 spiro atoms. The summed E-state index contributed by atoms with van der Waals surface area (Å²) < 4.78 is 168. The number of alkyl halides is 13. The molecule has 152 valence electrons. The maximum absolute atomic E-state index is 13.2. The van der Waals surface area contributed by atoms with Crippen molar-refractivity contribution in [3.8, 4) is 0 Å². The lowest BCUT2D eigenvalue weighted by molar-refractivity contribution is -0.439. The van der Waals surface area contributed by atoms with Gasteiger partial charge in [0.05, 0.1) is 0 Å². The molecule has 0 heterocycles. The smallest absolute Gasteiger partial charge is 0.264 e. The number of halogens is 13. The number of hydrogen-bond acceptors (Lipinski definition) is 2. The van der Waals surface area contributed by atoms with Gasteiger partial charge in [-0.25, -0.2) is 0 Å². The van der Waals surface area contributed by atoms with Crippen molar-refractivity contribution >= 4 is 11.9 Å². The number of rotatable bonds is 9. The molecule has 0 radical (unpaired) electrons. The van der Waals surface area contributed by atoms with E-state index in [0.29, 0.717) is 11.9 Å². The molecule has 0 aliphatic heterocycles. The monoisotopic (exact) mass is 423 g/mol. The predicted octanol–water partition coefficient (Wildman–Crippen LogP) is 5.37. The Morgan fingerprint density at radius 3 is 1.40 bits per heavy atom. The van der Waals surface area contributed by atoms with Gasteiger partial charge in [0.25, 0.3) is 0 Å². The molecule has 0 aromatic carbocycles. The molecule has 0 aromatic rings. The van der Waals surface area contributed by atoms with E-state index in [1.807, 2.05) is 0 Å². The largest absolute Gasteiger partial charge is 0.460 e. The zero-order chi connectivity index (χ0) is 20.5. The Balaban J connectivity index is 5.79. The molecular weight excluding hydrogens is 413 g/mol. The molecule has 0 unspecified atom stereocenters. The minimum absolute atomic E-state index is 0.110. The summed E-state index contributed by atoms with van der Waals surface area (Å²) in [5, 5.41) is 0. The first kappa shape index (κ1) is 24.4. The molecule has 0 amide bonds. The van der Waals surface area contributed by atoms with Crippen molar-refractivity contribution in [2.75, 3.05) is 12.3 Å². The van der Waals surface area contributed by atoms with Crippen LogP contribution < -0.4 is 4.72 Å². The fraction of sp³-hybridized carbons (Fsp3) is 1.00. The average Bonchev–Trinajstić information content (AvgIpc) is 2.41. The lowest BCUT2D eigenvalue weighted by Gasteiger charge is -2.39. The summed E-state index contributed by atoms with van der Waals surface area (Å²) in [7, 11) is 0. The van der Waals surface area contributed by atoms with Gasteiger partial charge in [-0.2, -0.15) is 57.1 Å². The second-order valence-electron chi connectivity index (χ2n) is 4.60. The Hall–Kier alpha value is -0.600. The summed E-state index contributed by atoms with van der Waals surface area (Å²) in [4.78, 5) is 0. The van der Waals surface area contributed by atoms with Gasteiger partial charge in [0, 0.05) is 18.7 Å². The van der Waals surface area contributed by atoms with Crippen LogP contribution in [-0.4, -0.2) is 48.1 Å². The standard InChI is InChI=1S/C10H10F13NS/c1-2-24-25-4-3-5(11,12)6(13,14)7(15,16)8(17,18)9(19,20)10(21,22)23/h24H,2-4H2,1H3. The lowest BCUT2D eigenvalue weighted by atomic mass is 9.93. The summed E-state index contributed by atoms with van der Waals surface area (Å²) in [5.74, 6) is -37.4. The minimum atomic E-state index is -7.83. The molecular formula is C10H10F13NS. The Kier molecular flexibility index (Phi) is 7.02. The Morgan fingerprint density at radius 2 is 1.04 bits per heavy atom. The summed E-state index contributed by atoms with van der Waals surface area (Å²) in [6.07, 6.45) is -9.58. The fourth-order valence-corrected chi connectivity index (χ4v) is 2.02. The molecule has 0 fully saturated rings. The topological polar surface area (TPSA) is 12.0 Å². The first-order valence-corrected chi connectivity index (χ1v) is 7.10. The zero-order valence-electron chi connectivity index (χ0n) is 11.9. The molecule has 0 aliphatic carbocycles. The van der Waals surface area contributed by atoms with Crippen LogP contribution in [0.25, 0.3) is 0 Å². The highest BCUT2D eigenvalue weighted by molar-refractivity contribution is 7.97. The van der Waals surface area contributed by atoms with Crippen LogP contribution in [0.2, 0.25) is 0 Å². The summed E-state index contributed by atoms with van der Waals surface area (Å²) >= 11 is 0.300. The highest BCUT2D eigenvalue weighted by atomic mass is 32.2. The summed E-state index contributed by atoms with van der Waals surface area (Å²) in [6, 6.07) is 0. The first-order valence-electron chi connectivity index (χ1n) is 6.11. The van der Waals surface area contributed by atoms with Crippen LogP contribution in [0, 0.1) is 0 Å². The van der Waals surface area contributed by atoms with Gasteiger partial charge >= 0.3 is 35.8 Å². The van der Waals surface area contributed by atoms with Gasteiger partial charge < -0.3 is 0 Å². The van der Waals surface area contributed by atoms with E-state index in [1.165, 1.54) is 6.92 Å². The predicted molar refractivity (Wildman–Crippen MR) is 61.5 cm³/mol. The SMILES string of the molecule is CCNSCCC(F)(F)C(F)(F)C(F)(F)C(F)(F)C(F)(F)C(F)(F)F. The van der Waals surface area contributed by atoms with E-state index in [9.17, 15) is 57.1 Å². The summed E-state index contributed by atoms with van der Waals surface area (Å²) in [6.45, 7) is 1.53. The van der Waals surface area contributed by atoms with E-state index >= 15 is 0 Å². The highest BCUT2D eigenvalue weighted by Crippen LogP contribution is 2.60. The molecule has 0 rings (SSSR count). The fourth-order valence-electron chi connectivity index (χ4n) is 1.31. The van der Waals surface area contributed by atoms with Gasteiger partial charge in [0.15, 0.2) is 0 Å². The van der Waals surface area contributed by atoms with E-state index in [4.69, 9.17) is 0 Å². The first-order chi connectivity index (χ1) is 10.8. The molecule has 1 N–H and O–H groups in total. The van der Waals surface area contributed by atoms with Crippen LogP contribution in [0.4, 0.5) is 57.1 Å². The molecule has 0 saturated heterocycles. The third-order valence-corrected chi connectivity index (χ3v) is 3.66. The molecule has 1 nitrogen and oxygen atoms in total. The maximum atomic E-state index is 13.2. The van der Waals surface area contributed by atoms with Gasteiger partial charge in [-0.1, -0.05) is 18.9 Å². The molecule has 15 heteroatoms. The van der Waals surface area contributed by atoms with Gasteiger partial charge in [-0.15, -0.1) is 0 Å². The Bertz CT molecular complexity index is 445. The number of nitrogens with one attached hydrogen (secondary N) is 1. The zero-order valence-corrected chi connectivity index (χ0v) is 12.8. The van der Waals surface area contributed by atoms with Crippen molar-refractivity contribution in [3.63, 3.8) is 0 Å². The quantitative estimate of drug-likeness (QED) is 0.304. The molecule has 0 saturated carbocycles. The van der Waals surface area contributed by atoms with Crippen molar-refractivity contribution in [2.45, 2.75) is 49.1 Å². The third kappa shape index (κ3) is 4.06. The van der Waals surface area contributed by atoms with Crippen LogP contribution >= 0.6 is 11.9 Å². The van der Waals surface area contributed by atoms with Gasteiger partial charge in [-0.05, 0) is 0 Å². The molecule has 0 bridgehead atoms. The molecule has 0 aromatic heterocycles. The Morgan fingerprint density at radius 1 is 0.640 bits per heavy atom. The van der Waals surface area contributed by atoms with Crippen molar-refractivity contribution in [2.24, 2.45) is 0 Å². The normalized spacial score (nSPS) is 15.6. The van der Waals surface area contributed by atoms with Crippen LogP contribution in [0.3, 0.4) is 0 Å². The molecule has 0 atom stereocenters. The van der Waals surface area contributed by atoms with Crippen molar-refractivity contribution < 1.29 is 57.1 Å². The highest BCUT2D eigenvalue weighted by Gasteiger charge is 2.90.